The normalized spacial score (nSPS) is 10.2. The molecule has 126 valence electrons. The van der Waals surface area contributed by atoms with E-state index in [1.54, 1.807) is 12.1 Å². The monoisotopic (exact) mass is 367 g/mol. The van der Waals surface area contributed by atoms with Gasteiger partial charge in [-0.1, -0.05) is 23.7 Å². The summed E-state index contributed by atoms with van der Waals surface area (Å²) < 4.78 is 13.6. The van der Waals surface area contributed by atoms with Gasteiger partial charge in [-0.3, -0.25) is 9.59 Å². The van der Waals surface area contributed by atoms with Crippen molar-refractivity contribution in [3.05, 3.63) is 53.3 Å². The molecule has 0 aliphatic carbocycles. The molecule has 0 fully saturated rings. The predicted octanol–water partition coefficient (Wildman–Crippen LogP) is 3.11. The Labute approximate surface area is 147 Å². The van der Waals surface area contributed by atoms with Crippen molar-refractivity contribution in [3.8, 4) is 0 Å². The maximum atomic E-state index is 13.6. The first-order valence-corrected chi connectivity index (χ1v) is 8.31. The fourth-order valence-electron chi connectivity index (χ4n) is 1.85. The number of nitrogens with one attached hydrogen (secondary N) is 2. The van der Waals surface area contributed by atoms with Crippen LogP contribution in [0.4, 0.5) is 15.8 Å². The van der Waals surface area contributed by atoms with Gasteiger partial charge in [-0.2, -0.15) is 0 Å². The van der Waals surface area contributed by atoms with Gasteiger partial charge in [-0.05, 0) is 30.3 Å². The van der Waals surface area contributed by atoms with Gasteiger partial charge >= 0.3 is 0 Å². The third-order valence-electron chi connectivity index (χ3n) is 2.90. The summed E-state index contributed by atoms with van der Waals surface area (Å²) in [5.74, 6) is -1.28. The Hall–Kier alpha value is -2.25. The Morgan fingerprint density at radius 3 is 2.67 bits per heavy atom. The summed E-state index contributed by atoms with van der Waals surface area (Å²) in [7, 11) is 0. The number of primary amides is 1. The maximum Gasteiger partial charge on any atom is 0.243 e. The number of benzene rings is 2. The van der Waals surface area contributed by atoms with Crippen LogP contribution in [0.15, 0.2) is 47.4 Å². The van der Waals surface area contributed by atoms with Gasteiger partial charge in [0.05, 0.1) is 18.0 Å². The first-order valence-electron chi connectivity index (χ1n) is 6.94. The molecule has 0 aromatic heterocycles. The second-order valence-electron chi connectivity index (χ2n) is 4.78. The number of anilines is 2. The zero-order chi connectivity index (χ0) is 17.5. The zero-order valence-electron chi connectivity index (χ0n) is 12.5. The van der Waals surface area contributed by atoms with Gasteiger partial charge in [0, 0.05) is 15.6 Å². The number of hydrogen-bond acceptors (Lipinski definition) is 4. The SMILES string of the molecule is NC(=O)CSc1ccccc1NCC(=O)Nc1cc(Cl)ccc1F. The van der Waals surface area contributed by atoms with Crippen molar-refractivity contribution in [2.45, 2.75) is 4.90 Å². The lowest BCUT2D eigenvalue weighted by atomic mass is 10.3. The maximum absolute atomic E-state index is 13.6. The van der Waals surface area contributed by atoms with E-state index in [-0.39, 0.29) is 18.0 Å². The van der Waals surface area contributed by atoms with Gasteiger partial charge in [0.25, 0.3) is 0 Å². The standard InChI is InChI=1S/C16H15ClFN3O2S/c17-10-5-6-11(18)13(7-10)21-16(23)8-20-12-3-1-2-4-14(12)24-9-15(19)22/h1-7,20H,8-9H2,(H2,19,22)(H,21,23). The molecule has 0 bridgehead atoms. The molecule has 0 spiro atoms. The van der Waals surface area contributed by atoms with Crippen LogP contribution in [0.2, 0.25) is 5.02 Å². The lowest BCUT2D eigenvalue weighted by Gasteiger charge is -2.12. The van der Waals surface area contributed by atoms with E-state index in [9.17, 15) is 14.0 Å². The molecular weight excluding hydrogens is 353 g/mol. The summed E-state index contributed by atoms with van der Waals surface area (Å²) >= 11 is 7.05. The highest BCUT2D eigenvalue weighted by Gasteiger charge is 2.09. The van der Waals surface area contributed by atoms with Crippen molar-refractivity contribution >= 4 is 46.6 Å². The van der Waals surface area contributed by atoms with Gasteiger partial charge in [-0.25, -0.2) is 4.39 Å². The second kappa shape index (κ2) is 8.56. The lowest BCUT2D eigenvalue weighted by molar-refractivity contribution is -0.116. The molecule has 0 aliphatic heterocycles. The molecule has 0 saturated heterocycles. The lowest BCUT2D eigenvalue weighted by Crippen LogP contribution is -2.22. The van der Waals surface area contributed by atoms with Crippen LogP contribution < -0.4 is 16.4 Å². The quantitative estimate of drug-likeness (QED) is 0.656. The molecule has 0 heterocycles. The number of thioether (sulfide) groups is 1. The van der Waals surface area contributed by atoms with Crippen LogP contribution in [0.5, 0.6) is 0 Å². The minimum absolute atomic E-state index is 0.0192. The summed E-state index contributed by atoms with van der Waals surface area (Å²) in [5.41, 5.74) is 5.84. The van der Waals surface area contributed by atoms with Gasteiger partial charge in [0.2, 0.25) is 11.8 Å². The van der Waals surface area contributed by atoms with Crippen LogP contribution in [0.1, 0.15) is 0 Å². The highest BCUT2D eigenvalue weighted by atomic mass is 35.5. The van der Waals surface area contributed by atoms with Gasteiger partial charge in [0.1, 0.15) is 5.82 Å². The van der Waals surface area contributed by atoms with E-state index >= 15 is 0 Å². The number of hydrogen-bond donors (Lipinski definition) is 3. The molecule has 8 heteroatoms. The fourth-order valence-corrected chi connectivity index (χ4v) is 2.79. The van der Waals surface area contributed by atoms with E-state index in [0.717, 1.165) is 4.90 Å². The van der Waals surface area contributed by atoms with Gasteiger partial charge in [0.15, 0.2) is 0 Å². The average Bonchev–Trinajstić information content (AvgIpc) is 2.55. The number of para-hydroxylation sites is 1. The van der Waals surface area contributed by atoms with E-state index < -0.39 is 17.6 Å². The van der Waals surface area contributed by atoms with Crippen LogP contribution in [0.25, 0.3) is 0 Å². The van der Waals surface area contributed by atoms with Crippen molar-refractivity contribution in [1.29, 1.82) is 0 Å². The zero-order valence-corrected chi connectivity index (χ0v) is 14.1. The number of nitrogens with two attached hydrogens (primary N) is 1. The third-order valence-corrected chi connectivity index (χ3v) is 4.23. The Balaban J connectivity index is 1.96. The van der Waals surface area contributed by atoms with Crippen molar-refractivity contribution in [3.63, 3.8) is 0 Å². The van der Waals surface area contributed by atoms with E-state index in [1.807, 2.05) is 12.1 Å². The molecule has 24 heavy (non-hydrogen) atoms. The van der Waals surface area contributed by atoms with Crippen molar-refractivity contribution in [2.75, 3.05) is 22.9 Å². The summed E-state index contributed by atoms with van der Waals surface area (Å²) in [6.07, 6.45) is 0. The highest BCUT2D eigenvalue weighted by Crippen LogP contribution is 2.26. The Kier molecular flexibility index (Phi) is 6.45. The second-order valence-corrected chi connectivity index (χ2v) is 6.23. The molecule has 4 N–H and O–H groups in total. The minimum atomic E-state index is -0.565. The largest absolute Gasteiger partial charge is 0.375 e. The Morgan fingerprint density at radius 2 is 1.92 bits per heavy atom. The highest BCUT2D eigenvalue weighted by molar-refractivity contribution is 8.00. The van der Waals surface area contributed by atoms with E-state index in [1.165, 1.54) is 30.0 Å². The molecule has 0 unspecified atom stereocenters. The van der Waals surface area contributed by atoms with E-state index in [4.69, 9.17) is 17.3 Å². The number of halogens is 2. The molecule has 2 aromatic rings. The Bertz CT molecular complexity index is 758. The average molecular weight is 368 g/mol. The topological polar surface area (TPSA) is 84.2 Å². The van der Waals surface area contributed by atoms with Crippen LogP contribution in [0.3, 0.4) is 0 Å². The van der Waals surface area contributed by atoms with Gasteiger partial charge < -0.3 is 16.4 Å². The molecule has 5 nitrogen and oxygen atoms in total. The molecule has 2 aromatic carbocycles. The molecule has 0 aliphatic rings. The molecule has 0 radical (unpaired) electrons. The number of amides is 2. The van der Waals surface area contributed by atoms with Crippen molar-refractivity contribution < 1.29 is 14.0 Å². The van der Waals surface area contributed by atoms with Crippen LogP contribution in [-0.2, 0) is 9.59 Å². The van der Waals surface area contributed by atoms with E-state index in [2.05, 4.69) is 10.6 Å². The molecule has 2 rings (SSSR count). The predicted molar refractivity (Wildman–Crippen MR) is 94.9 cm³/mol. The smallest absolute Gasteiger partial charge is 0.243 e. The molecule has 0 atom stereocenters. The molecule has 2 amide bonds. The summed E-state index contributed by atoms with van der Waals surface area (Å²) in [6.45, 7) is -0.0693. The number of rotatable bonds is 7. The molecule has 0 saturated carbocycles. The Morgan fingerprint density at radius 1 is 1.17 bits per heavy atom. The first-order chi connectivity index (χ1) is 11.5. The van der Waals surface area contributed by atoms with E-state index in [0.29, 0.717) is 10.7 Å². The van der Waals surface area contributed by atoms with Crippen molar-refractivity contribution in [1.82, 2.24) is 0 Å². The van der Waals surface area contributed by atoms with Gasteiger partial charge in [-0.15, -0.1) is 11.8 Å². The fraction of sp³-hybridized carbons (Fsp3) is 0.125. The summed E-state index contributed by atoms with van der Waals surface area (Å²) in [6, 6.07) is 11.1. The third kappa shape index (κ3) is 5.43. The summed E-state index contributed by atoms with van der Waals surface area (Å²) in [5, 5.41) is 5.73. The number of carbonyl (C=O) groups excluding carboxylic acids is 2. The van der Waals surface area contributed by atoms with Crippen molar-refractivity contribution in [2.24, 2.45) is 5.73 Å². The van der Waals surface area contributed by atoms with Crippen LogP contribution in [-0.4, -0.2) is 24.1 Å². The number of carbonyl (C=O) groups is 2. The minimum Gasteiger partial charge on any atom is -0.375 e. The first kappa shape index (κ1) is 18.1. The van der Waals surface area contributed by atoms with Crippen LogP contribution in [0, 0.1) is 5.82 Å². The van der Waals surface area contributed by atoms with Crippen LogP contribution >= 0.6 is 23.4 Å². The summed E-state index contributed by atoms with van der Waals surface area (Å²) in [4.78, 5) is 23.6. The molecular formula is C16H15ClFN3O2S.